The Morgan fingerprint density at radius 3 is 2.30 bits per heavy atom. The predicted octanol–water partition coefficient (Wildman–Crippen LogP) is 3.29. The fourth-order valence-corrected chi connectivity index (χ4v) is 9.56. The summed E-state index contributed by atoms with van der Waals surface area (Å²) in [6.45, 7) is 13.5. The zero-order chi connectivity index (χ0) is 30.3. The van der Waals surface area contributed by atoms with Crippen LogP contribution < -0.4 is 0 Å². The molecule has 0 aliphatic heterocycles. The van der Waals surface area contributed by atoms with Crippen molar-refractivity contribution in [3.05, 3.63) is 23.8 Å². The minimum absolute atomic E-state index is 0.0150. The van der Waals surface area contributed by atoms with Crippen molar-refractivity contribution in [3.63, 3.8) is 0 Å². The molecule has 0 aromatic heterocycles. The number of aliphatic hydroxyl groups excluding tert-OH is 3. The van der Waals surface area contributed by atoms with E-state index in [2.05, 4.69) is 6.08 Å². The van der Waals surface area contributed by atoms with Crippen molar-refractivity contribution in [1.82, 2.24) is 0 Å². The molecule has 3 fully saturated rings. The van der Waals surface area contributed by atoms with Gasteiger partial charge in [0.1, 0.15) is 17.0 Å². The number of rotatable bonds is 6. The number of Topliss-reactive ketones (excluding diaryl/α,β-unsaturated/α-hetero) is 1. The molecular formula is C32H48O8. The van der Waals surface area contributed by atoms with Crippen molar-refractivity contribution < 1.29 is 39.5 Å². The fourth-order valence-electron chi connectivity index (χ4n) is 9.56. The molecule has 4 N–H and O–H groups in total. The standard InChI is InChI=1S/C32H48O8/c1-18(34)40-27(2,3)14-13-24(37)31(8,39)26-21(35)15-29(6)22-11-9-19-20(10-12-23(36)28(19,4)5)32(22,17-33)25(38)16-30(26,29)7/h9,13-14,20-23,26,33,35-36,39H,10-12,15-17H2,1-8H3/t20-,21-,22-,23-,26-,29-,30+,31?,32-/m0/s1. The summed E-state index contributed by atoms with van der Waals surface area (Å²) >= 11 is 0. The summed E-state index contributed by atoms with van der Waals surface area (Å²) in [4.78, 5) is 39.3. The largest absolute Gasteiger partial charge is 0.456 e. The second-order valence-corrected chi connectivity index (χ2v) is 14.7. The van der Waals surface area contributed by atoms with E-state index in [4.69, 9.17) is 4.74 Å². The topological polar surface area (TPSA) is 141 Å². The first kappa shape index (κ1) is 31.1. The van der Waals surface area contributed by atoms with Gasteiger partial charge in [-0.2, -0.15) is 0 Å². The van der Waals surface area contributed by atoms with Crippen LogP contribution in [0.5, 0.6) is 0 Å². The zero-order valence-corrected chi connectivity index (χ0v) is 25.3. The first-order valence-electron chi connectivity index (χ1n) is 14.6. The van der Waals surface area contributed by atoms with Gasteiger partial charge >= 0.3 is 5.97 Å². The van der Waals surface area contributed by atoms with Crippen LogP contribution in [-0.4, -0.2) is 68.0 Å². The number of carbonyl (C=O) groups excluding carboxylic acids is 3. The van der Waals surface area contributed by atoms with Crippen molar-refractivity contribution in [2.75, 3.05) is 6.61 Å². The van der Waals surface area contributed by atoms with Crippen LogP contribution in [0.1, 0.15) is 87.5 Å². The molecular weight excluding hydrogens is 512 g/mol. The maximum Gasteiger partial charge on any atom is 0.303 e. The maximum atomic E-state index is 14.4. The Hall–Kier alpha value is -1.87. The highest BCUT2D eigenvalue weighted by Crippen LogP contribution is 2.74. The number of hydrogen-bond donors (Lipinski definition) is 4. The van der Waals surface area contributed by atoms with E-state index in [0.29, 0.717) is 19.3 Å². The Balaban J connectivity index is 1.76. The van der Waals surface area contributed by atoms with Crippen LogP contribution in [0.3, 0.4) is 0 Å². The molecule has 0 radical (unpaired) electrons. The molecule has 4 aliphatic carbocycles. The van der Waals surface area contributed by atoms with E-state index in [0.717, 1.165) is 5.57 Å². The molecule has 8 nitrogen and oxygen atoms in total. The highest BCUT2D eigenvalue weighted by Gasteiger charge is 2.75. The Labute approximate surface area is 237 Å². The Bertz CT molecular complexity index is 1150. The summed E-state index contributed by atoms with van der Waals surface area (Å²) in [6, 6.07) is 0. The van der Waals surface area contributed by atoms with E-state index in [1.807, 2.05) is 27.7 Å². The molecule has 0 heterocycles. The Morgan fingerprint density at radius 1 is 1.10 bits per heavy atom. The quantitative estimate of drug-likeness (QED) is 0.220. The fraction of sp³-hybridized carbons (Fsp3) is 0.781. The summed E-state index contributed by atoms with van der Waals surface area (Å²) in [5.74, 6) is -2.70. The average molecular weight is 561 g/mol. The molecule has 4 aliphatic rings. The third-order valence-corrected chi connectivity index (χ3v) is 11.7. The van der Waals surface area contributed by atoms with Crippen LogP contribution in [0, 0.1) is 39.4 Å². The molecule has 4 rings (SSSR count). The number of aliphatic hydroxyl groups is 4. The molecule has 8 heteroatoms. The zero-order valence-electron chi connectivity index (χ0n) is 25.3. The summed E-state index contributed by atoms with van der Waals surface area (Å²) in [5, 5.41) is 45.1. The third-order valence-electron chi connectivity index (χ3n) is 11.7. The number of ether oxygens (including phenoxy) is 1. The van der Waals surface area contributed by atoms with Gasteiger partial charge < -0.3 is 25.2 Å². The van der Waals surface area contributed by atoms with Gasteiger partial charge in [0.15, 0.2) is 5.78 Å². The summed E-state index contributed by atoms with van der Waals surface area (Å²) in [5.41, 5.74) is -5.21. The second kappa shape index (κ2) is 9.58. The lowest BCUT2D eigenvalue weighted by Gasteiger charge is -2.65. The SMILES string of the molecule is CC(=O)OC(C)(C)C=CC(=O)C(C)(O)[C@H]1[C@@H](O)C[C@@]2(C)[C@@H]3CC=C4[C@H](CC[C@H](O)C4(C)C)[C@]3(CO)C(=O)C[C@]12C. The van der Waals surface area contributed by atoms with Gasteiger partial charge in [0.2, 0.25) is 0 Å². The number of esters is 1. The van der Waals surface area contributed by atoms with Gasteiger partial charge in [0.25, 0.3) is 0 Å². The van der Waals surface area contributed by atoms with Gasteiger partial charge in [-0.1, -0.05) is 39.3 Å². The average Bonchev–Trinajstić information content (AvgIpc) is 3.03. The van der Waals surface area contributed by atoms with Crippen molar-refractivity contribution in [2.45, 2.75) is 111 Å². The monoisotopic (exact) mass is 560 g/mol. The molecule has 3 saturated carbocycles. The Morgan fingerprint density at radius 2 is 1.73 bits per heavy atom. The summed E-state index contributed by atoms with van der Waals surface area (Å²) in [6.07, 6.45) is 5.10. The van der Waals surface area contributed by atoms with Gasteiger partial charge in [-0.05, 0) is 81.3 Å². The van der Waals surface area contributed by atoms with E-state index < -0.39 is 62.7 Å². The van der Waals surface area contributed by atoms with Crippen molar-refractivity contribution in [2.24, 2.45) is 39.4 Å². The molecule has 224 valence electrons. The maximum absolute atomic E-state index is 14.4. The Kier molecular flexibility index (Phi) is 7.44. The summed E-state index contributed by atoms with van der Waals surface area (Å²) in [7, 11) is 0. The van der Waals surface area contributed by atoms with Crippen LogP contribution in [0.2, 0.25) is 0 Å². The van der Waals surface area contributed by atoms with Crippen molar-refractivity contribution in [1.29, 1.82) is 0 Å². The number of ketones is 2. The van der Waals surface area contributed by atoms with E-state index in [-0.39, 0.29) is 37.1 Å². The first-order chi connectivity index (χ1) is 18.2. The highest BCUT2D eigenvalue weighted by atomic mass is 16.6. The minimum atomic E-state index is -2.00. The lowest BCUT2D eigenvalue weighted by atomic mass is 9.38. The smallest absolute Gasteiger partial charge is 0.303 e. The number of hydrogen-bond acceptors (Lipinski definition) is 8. The van der Waals surface area contributed by atoms with Gasteiger partial charge in [0.05, 0.1) is 24.2 Å². The van der Waals surface area contributed by atoms with Crippen molar-refractivity contribution >= 4 is 17.5 Å². The lowest BCUT2D eigenvalue weighted by Crippen LogP contribution is -2.66. The van der Waals surface area contributed by atoms with Crippen LogP contribution in [0.15, 0.2) is 23.8 Å². The third kappa shape index (κ3) is 4.19. The molecule has 1 unspecified atom stereocenters. The number of carbonyl (C=O) groups is 3. The predicted molar refractivity (Wildman–Crippen MR) is 149 cm³/mol. The number of allylic oxidation sites excluding steroid dienone is 1. The van der Waals surface area contributed by atoms with Gasteiger partial charge in [-0.15, -0.1) is 0 Å². The molecule has 9 atom stereocenters. The first-order valence-corrected chi connectivity index (χ1v) is 14.6. The molecule has 0 aromatic carbocycles. The van der Waals surface area contributed by atoms with Crippen molar-refractivity contribution in [3.8, 4) is 0 Å². The van der Waals surface area contributed by atoms with E-state index in [1.54, 1.807) is 13.8 Å². The van der Waals surface area contributed by atoms with Crippen LogP contribution >= 0.6 is 0 Å². The van der Waals surface area contributed by atoms with Crippen LogP contribution in [0.25, 0.3) is 0 Å². The minimum Gasteiger partial charge on any atom is -0.456 e. The van der Waals surface area contributed by atoms with Crippen LogP contribution in [0.4, 0.5) is 0 Å². The molecule has 0 saturated heterocycles. The van der Waals surface area contributed by atoms with Gasteiger partial charge in [-0.3, -0.25) is 14.4 Å². The summed E-state index contributed by atoms with van der Waals surface area (Å²) < 4.78 is 5.23. The number of fused-ring (bicyclic) bond motifs is 5. The molecule has 40 heavy (non-hydrogen) atoms. The van der Waals surface area contributed by atoms with E-state index >= 15 is 0 Å². The molecule has 0 bridgehead atoms. The molecule has 0 amide bonds. The highest BCUT2D eigenvalue weighted by molar-refractivity contribution is 5.97. The van der Waals surface area contributed by atoms with Gasteiger partial charge in [-0.25, -0.2) is 0 Å². The van der Waals surface area contributed by atoms with E-state index in [9.17, 15) is 34.8 Å². The molecule has 0 aromatic rings. The second-order valence-electron chi connectivity index (χ2n) is 14.7. The van der Waals surface area contributed by atoms with Gasteiger partial charge in [0, 0.05) is 24.7 Å². The lowest BCUT2D eigenvalue weighted by molar-refractivity contribution is -0.191. The van der Waals surface area contributed by atoms with Crippen LogP contribution in [-0.2, 0) is 19.1 Å². The van der Waals surface area contributed by atoms with E-state index in [1.165, 1.54) is 26.0 Å². The normalized spacial score (nSPS) is 42.4. The molecule has 0 spiro atoms.